The third-order valence-corrected chi connectivity index (χ3v) is 9.89. The van der Waals surface area contributed by atoms with Gasteiger partial charge in [-0.25, -0.2) is 13.1 Å². The second kappa shape index (κ2) is 15.3. The number of nitrogens with one attached hydrogen (secondary N) is 2. The van der Waals surface area contributed by atoms with E-state index in [2.05, 4.69) is 16.1 Å². The first-order valence-electron chi connectivity index (χ1n) is 15.8. The average molecular weight is 614 g/mol. The Morgan fingerprint density at radius 1 is 0.818 bits per heavy atom. The van der Waals surface area contributed by atoms with Gasteiger partial charge in [0.15, 0.2) is 0 Å². The van der Waals surface area contributed by atoms with Crippen LogP contribution in [0.4, 0.5) is 0 Å². The number of hydrogen-bond donors (Lipinski definition) is 2. The van der Waals surface area contributed by atoms with E-state index in [-0.39, 0.29) is 29.2 Å². The SMILES string of the molecule is O=C(NCCC1=CCCCC1)[C@@H](Cc1ccccc1)N(Cc1ccccc1)C(=O)CCc1ccc(S(=O)(=O)NC2CC2)cc1. The first-order chi connectivity index (χ1) is 21.4. The molecule has 2 amide bonds. The number of amides is 2. The van der Waals surface area contributed by atoms with Crippen molar-refractivity contribution in [3.8, 4) is 0 Å². The van der Waals surface area contributed by atoms with Crippen molar-refractivity contribution in [3.05, 3.63) is 113 Å². The largest absolute Gasteiger partial charge is 0.354 e. The molecule has 2 N–H and O–H groups in total. The van der Waals surface area contributed by atoms with Crippen LogP contribution in [0.25, 0.3) is 0 Å². The number of carbonyl (C=O) groups is 2. The van der Waals surface area contributed by atoms with Gasteiger partial charge in [0.2, 0.25) is 21.8 Å². The summed E-state index contributed by atoms with van der Waals surface area (Å²) in [4.78, 5) is 29.7. The molecular weight excluding hydrogens is 570 g/mol. The summed E-state index contributed by atoms with van der Waals surface area (Å²) in [5.41, 5.74) is 4.21. The molecule has 2 aliphatic rings. The van der Waals surface area contributed by atoms with Crippen LogP contribution in [0.2, 0.25) is 0 Å². The van der Waals surface area contributed by atoms with Gasteiger partial charge >= 0.3 is 0 Å². The molecule has 3 aromatic rings. The van der Waals surface area contributed by atoms with E-state index in [4.69, 9.17) is 0 Å². The molecule has 0 aromatic heterocycles. The van der Waals surface area contributed by atoms with E-state index in [9.17, 15) is 18.0 Å². The minimum absolute atomic E-state index is 0.0401. The molecule has 0 saturated heterocycles. The maximum atomic E-state index is 14.0. The lowest BCUT2D eigenvalue weighted by Crippen LogP contribution is -2.50. The molecule has 0 radical (unpaired) electrons. The summed E-state index contributed by atoms with van der Waals surface area (Å²) >= 11 is 0. The van der Waals surface area contributed by atoms with Gasteiger partial charge in [-0.1, -0.05) is 84.4 Å². The van der Waals surface area contributed by atoms with Crippen LogP contribution in [-0.4, -0.2) is 43.8 Å². The molecule has 0 bridgehead atoms. The number of nitrogens with zero attached hydrogens (tertiary/aromatic N) is 1. The van der Waals surface area contributed by atoms with Gasteiger partial charge in [-0.15, -0.1) is 0 Å². The maximum Gasteiger partial charge on any atom is 0.243 e. The Morgan fingerprint density at radius 2 is 1.50 bits per heavy atom. The molecular formula is C36H43N3O4S. The zero-order chi connectivity index (χ0) is 30.8. The van der Waals surface area contributed by atoms with E-state index in [1.807, 2.05) is 60.7 Å². The number of rotatable bonds is 15. The molecule has 1 saturated carbocycles. The molecule has 0 aliphatic heterocycles. The zero-order valence-corrected chi connectivity index (χ0v) is 26.1. The first kappa shape index (κ1) is 31.7. The number of hydrogen-bond acceptors (Lipinski definition) is 4. The first-order valence-corrected chi connectivity index (χ1v) is 17.3. The molecule has 3 aromatic carbocycles. The maximum absolute atomic E-state index is 14.0. The second-order valence-electron chi connectivity index (χ2n) is 11.9. The fourth-order valence-electron chi connectivity index (χ4n) is 5.65. The van der Waals surface area contributed by atoms with Crippen molar-refractivity contribution in [2.24, 2.45) is 0 Å². The molecule has 8 heteroatoms. The number of sulfonamides is 1. The number of benzene rings is 3. The highest BCUT2D eigenvalue weighted by atomic mass is 32.2. The van der Waals surface area contributed by atoms with Crippen LogP contribution in [-0.2, 0) is 39.0 Å². The highest BCUT2D eigenvalue weighted by Crippen LogP contribution is 2.23. The fraction of sp³-hybridized carbons (Fsp3) is 0.389. The van der Waals surface area contributed by atoms with Crippen molar-refractivity contribution in [2.45, 2.75) is 87.7 Å². The zero-order valence-electron chi connectivity index (χ0n) is 25.3. The van der Waals surface area contributed by atoms with Crippen molar-refractivity contribution in [3.63, 3.8) is 0 Å². The Kier molecular flexibility index (Phi) is 11.0. The van der Waals surface area contributed by atoms with Crippen molar-refractivity contribution >= 4 is 21.8 Å². The van der Waals surface area contributed by atoms with E-state index in [1.54, 1.807) is 29.2 Å². The molecule has 1 fully saturated rings. The molecule has 5 rings (SSSR count). The average Bonchev–Trinajstić information content (AvgIpc) is 3.86. The third-order valence-electron chi connectivity index (χ3n) is 8.36. The smallest absolute Gasteiger partial charge is 0.243 e. The Hall–Kier alpha value is -3.75. The quantitative estimate of drug-likeness (QED) is 0.215. The predicted molar refractivity (Wildman–Crippen MR) is 173 cm³/mol. The van der Waals surface area contributed by atoms with Crippen molar-refractivity contribution in [2.75, 3.05) is 6.54 Å². The van der Waals surface area contributed by atoms with Crippen LogP contribution in [0.3, 0.4) is 0 Å². The minimum atomic E-state index is -3.53. The second-order valence-corrected chi connectivity index (χ2v) is 13.6. The van der Waals surface area contributed by atoms with Gasteiger partial charge in [-0.05, 0) is 80.2 Å². The summed E-state index contributed by atoms with van der Waals surface area (Å²) in [7, 11) is -3.53. The standard InChI is InChI=1S/C36H43N3O4S/c40-35(23-18-29-16-21-33(22-17-29)44(42,43)38-32-19-20-32)39(27-31-14-8-3-9-15-31)34(26-30-12-6-2-7-13-30)36(41)37-25-24-28-10-4-1-5-11-28/h2-3,6-10,12-17,21-22,32,34,38H,1,4-5,11,18-20,23-27H2,(H,37,41)/t34-/m1/s1. The van der Waals surface area contributed by atoms with Crippen LogP contribution >= 0.6 is 0 Å². The lowest BCUT2D eigenvalue weighted by atomic mass is 9.97. The van der Waals surface area contributed by atoms with E-state index in [0.29, 0.717) is 25.9 Å². The van der Waals surface area contributed by atoms with Gasteiger partial charge in [0.05, 0.1) is 4.90 Å². The van der Waals surface area contributed by atoms with E-state index >= 15 is 0 Å². The number of carbonyl (C=O) groups excluding carboxylic acids is 2. The molecule has 7 nitrogen and oxygen atoms in total. The van der Waals surface area contributed by atoms with Crippen LogP contribution < -0.4 is 10.0 Å². The fourth-order valence-corrected chi connectivity index (χ4v) is 6.95. The summed E-state index contributed by atoms with van der Waals surface area (Å²) in [5, 5.41) is 3.15. The third kappa shape index (κ3) is 9.37. The van der Waals surface area contributed by atoms with Gasteiger partial charge in [0.1, 0.15) is 6.04 Å². The monoisotopic (exact) mass is 613 g/mol. The topological polar surface area (TPSA) is 95.6 Å². The summed E-state index contributed by atoms with van der Waals surface area (Å²) < 4.78 is 27.8. The Morgan fingerprint density at radius 3 is 2.14 bits per heavy atom. The van der Waals surface area contributed by atoms with Gasteiger partial charge in [-0.2, -0.15) is 0 Å². The van der Waals surface area contributed by atoms with Gasteiger partial charge in [0.25, 0.3) is 0 Å². The molecule has 1 atom stereocenters. The normalized spacial score (nSPS) is 15.7. The summed E-state index contributed by atoms with van der Waals surface area (Å²) in [6.07, 6.45) is 10.6. The van der Waals surface area contributed by atoms with Crippen molar-refractivity contribution in [1.29, 1.82) is 0 Å². The molecule has 232 valence electrons. The molecule has 44 heavy (non-hydrogen) atoms. The van der Waals surface area contributed by atoms with Crippen LogP contribution in [0.1, 0.15) is 68.1 Å². The van der Waals surface area contributed by atoms with Crippen molar-refractivity contribution in [1.82, 2.24) is 14.9 Å². The highest BCUT2D eigenvalue weighted by Gasteiger charge is 2.31. The van der Waals surface area contributed by atoms with Crippen LogP contribution in [0, 0.1) is 0 Å². The Labute approximate surface area is 261 Å². The number of allylic oxidation sites excluding steroid dienone is 1. The Balaban J connectivity index is 1.31. The number of aryl methyl sites for hydroxylation is 1. The lowest BCUT2D eigenvalue weighted by molar-refractivity contribution is -0.141. The van der Waals surface area contributed by atoms with Gasteiger partial charge in [-0.3, -0.25) is 9.59 Å². The summed E-state index contributed by atoms with van der Waals surface area (Å²) in [6, 6.07) is 25.7. The molecule has 2 aliphatic carbocycles. The Bertz CT molecular complexity index is 1520. The lowest BCUT2D eigenvalue weighted by Gasteiger charge is -2.32. The van der Waals surface area contributed by atoms with Gasteiger partial charge < -0.3 is 10.2 Å². The van der Waals surface area contributed by atoms with Crippen molar-refractivity contribution < 1.29 is 18.0 Å². The van der Waals surface area contributed by atoms with E-state index < -0.39 is 16.1 Å². The molecule has 0 unspecified atom stereocenters. The highest BCUT2D eigenvalue weighted by molar-refractivity contribution is 7.89. The summed E-state index contributed by atoms with van der Waals surface area (Å²) in [6.45, 7) is 0.869. The summed E-state index contributed by atoms with van der Waals surface area (Å²) in [5.74, 6) is -0.265. The van der Waals surface area contributed by atoms with Gasteiger partial charge in [0, 0.05) is 32.0 Å². The molecule has 0 spiro atoms. The van der Waals surface area contributed by atoms with Crippen LogP contribution in [0.15, 0.2) is 101 Å². The van der Waals surface area contributed by atoms with E-state index in [1.165, 1.54) is 18.4 Å². The molecule has 0 heterocycles. The minimum Gasteiger partial charge on any atom is -0.354 e. The van der Waals surface area contributed by atoms with E-state index in [0.717, 1.165) is 48.8 Å². The predicted octanol–water partition coefficient (Wildman–Crippen LogP) is 5.71. The van der Waals surface area contributed by atoms with Crippen LogP contribution in [0.5, 0.6) is 0 Å².